The van der Waals surface area contributed by atoms with Crippen LogP contribution in [0.15, 0.2) is 53.8 Å². The van der Waals surface area contributed by atoms with Gasteiger partial charge < -0.3 is 5.32 Å². The van der Waals surface area contributed by atoms with Gasteiger partial charge in [0.25, 0.3) is 15.9 Å². The Bertz CT molecular complexity index is 1020. The van der Waals surface area contributed by atoms with Crippen LogP contribution in [0.25, 0.3) is 0 Å². The number of benzene rings is 1. The van der Waals surface area contributed by atoms with E-state index in [1.54, 1.807) is 19.3 Å². The van der Waals surface area contributed by atoms with Crippen molar-refractivity contribution in [1.29, 1.82) is 0 Å². The molecular formula is C15H13IN6O3S. The Morgan fingerprint density at radius 1 is 1.15 bits per heavy atom. The van der Waals surface area contributed by atoms with Gasteiger partial charge in [0, 0.05) is 25.1 Å². The molecule has 9 nitrogen and oxygen atoms in total. The summed E-state index contributed by atoms with van der Waals surface area (Å²) in [7, 11) is -2.15. The van der Waals surface area contributed by atoms with Crippen molar-refractivity contribution in [3.63, 3.8) is 0 Å². The molecule has 0 fully saturated rings. The van der Waals surface area contributed by atoms with Gasteiger partial charge in [0.1, 0.15) is 5.69 Å². The lowest BCUT2D eigenvalue weighted by Gasteiger charge is -2.09. The second kappa shape index (κ2) is 7.37. The van der Waals surface area contributed by atoms with E-state index in [9.17, 15) is 13.2 Å². The normalized spacial score (nSPS) is 11.2. The summed E-state index contributed by atoms with van der Waals surface area (Å²) in [5.41, 5.74) is 0.882. The van der Waals surface area contributed by atoms with E-state index < -0.39 is 10.0 Å². The maximum atomic E-state index is 12.3. The number of anilines is 2. The summed E-state index contributed by atoms with van der Waals surface area (Å²) in [5.74, 6) is -0.350. The van der Waals surface area contributed by atoms with Gasteiger partial charge in [-0.05, 0) is 52.9 Å². The molecule has 0 atom stereocenters. The molecule has 0 spiro atoms. The number of halogens is 1. The first-order chi connectivity index (χ1) is 12.4. The molecule has 2 N–H and O–H groups in total. The van der Waals surface area contributed by atoms with Gasteiger partial charge in [-0.2, -0.15) is 5.10 Å². The van der Waals surface area contributed by atoms with Crippen molar-refractivity contribution >= 4 is 50.2 Å². The van der Waals surface area contributed by atoms with Crippen molar-refractivity contribution < 1.29 is 13.2 Å². The van der Waals surface area contributed by atoms with Crippen LogP contribution in [0.1, 0.15) is 10.5 Å². The van der Waals surface area contributed by atoms with Gasteiger partial charge in [-0.3, -0.25) is 9.48 Å². The first kappa shape index (κ1) is 18.3. The number of sulfonamides is 1. The maximum absolute atomic E-state index is 12.3. The SMILES string of the molecule is Cn1ncc(I)c1C(=O)Nc1ccc(S(=O)(=O)Nc2ncccn2)cc1. The molecule has 0 aliphatic carbocycles. The predicted molar refractivity (Wildman–Crippen MR) is 103 cm³/mol. The molecule has 0 radical (unpaired) electrons. The minimum atomic E-state index is -3.82. The van der Waals surface area contributed by atoms with Gasteiger partial charge in [0.2, 0.25) is 5.95 Å². The van der Waals surface area contributed by atoms with Gasteiger partial charge in [0.05, 0.1) is 14.7 Å². The van der Waals surface area contributed by atoms with Crippen LogP contribution < -0.4 is 10.0 Å². The Hall–Kier alpha value is -2.54. The number of aromatic nitrogens is 4. The van der Waals surface area contributed by atoms with Crippen LogP contribution in [0.3, 0.4) is 0 Å². The molecule has 1 aromatic carbocycles. The lowest BCUT2D eigenvalue weighted by atomic mass is 10.3. The fourth-order valence-electron chi connectivity index (χ4n) is 2.10. The monoisotopic (exact) mass is 484 g/mol. The quantitative estimate of drug-likeness (QED) is 0.534. The Kier molecular flexibility index (Phi) is 5.18. The molecule has 0 unspecified atom stereocenters. The number of carbonyl (C=O) groups excluding carboxylic acids is 1. The topological polar surface area (TPSA) is 119 Å². The molecule has 26 heavy (non-hydrogen) atoms. The van der Waals surface area contributed by atoms with E-state index in [0.717, 1.165) is 0 Å². The number of rotatable bonds is 5. The van der Waals surface area contributed by atoms with Gasteiger partial charge >= 0.3 is 0 Å². The molecule has 0 saturated heterocycles. The predicted octanol–water partition coefficient (Wildman–Crippen LogP) is 1.87. The zero-order valence-corrected chi connectivity index (χ0v) is 16.4. The third-order valence-electron chi connectivity index (χ3n) is 3.32. The van der Waals surface area contributed by atoms with Crippen LogP contribution in [-0.4, -0.2) is 34.1 Å². The lowest BCUT2D eigenvalue weighted by Crippen LogP contribution is -2.18. The van der Waals surface area contributed by atoms with Crippen LogP contribution in [0.2, 0.25) is 0 Å². The number of aryl methyl sites for hydroxylation is 1. The van der Waals surface area contributed by atoms with E-state index in [1.807, 2.05) is 22.6 Å². The smallest absolute Gasteiger partial charge is 0.275 e. The number of hydrogen-bond donors (Lipinski definition) is 2. The highest BCUT2D eigenvalue weighted by Crippen LogP contribution is 2.18. The zero-order valence-electron chi connectivity index (χ0n) is 13.4. The van der Waals surface area contributed by atoms with Gasteiger partial charge in [-0.1, -0.05) is 0 Å². The minimum Gasteiger partial charge on any atom is -0.321 e. The number of carbonyl (C=O) groups is 1. The number of amides is 1. The summed E-state index contributed by atoms with van der Waals surface area (Å²) in [6, 6.07) is 7.35. The summed E-state index contributed by atoms with van der Waals surface area (Å²) in [5, 5.41) is 6.72. The molecule has 3 rings (SSSR count). The molecule has 11 heteroatoms. The first-order valence-electron chi connectivity index (χ1n) is 7.25. The standard InChI is InChI=1S/C15H13IN6O3S/c1-22-13(12(16)9-19-22)14(23)20-10-3-5-11(6-4-10)26(24,25)21-15-17-7-2-8-18-15/h2-9H,1H3,(H,20,23)(H,17,18,21). The third kappa shape index (κ3) is 3.99. The molecule has 0 aliphatic heterocycles. The Morgan fingerprint density at radius 3 is 2.38 bits per heavy atom. The number of hydrogen-bond acceptors (Lipinski definition) is 6. The molecule has 2 heterocycles. The van der Waals surface area contributed by atoms with E-state index in [4.69, 9.17) is 0 Å². The van der Waals surface area contributed by atoms with E-state index >= 15 is 0 Å². The van der Waals surface area contributed by atoms with Crippen molar-refractivity contribution in [2.45, 2.75) is 4.90 Å². The van der Waals surface area contributed by atoms with Crippen LogP contribution in [0, 0.1) is 3.57 Å². The van der Waals surface area contributed by atoms with Gasteiger partial charge in [-0.15, -0.1) is 0 Å². The van der Waals surface area contributed by atoms with Crippen LogP contribution >= 0.6 is 22.6 Å². The van der Waals surface area contributed by atoms with Gasteiger partial charge in [-0.25, -0.2) is 23.1 Å². The largest absolute Gasteiger partial charge is 0.321 e. The van der Waals surface area contributed by atoms with Crippen LogP contribution in [-0.2, 0) is 17.1 Å². The first-order valence-corrected chi connectivity index (χ1v) is 9.82. The van der Waals surface area contributed by atoms with Gasteiger partial charge in [0.15, 0.2) is 0 Å². The van der Waals surface area contributed by atoms with Crippen molar-refractivity contribution in [2.24, 2.45) is 7.05 Å². The van der Waals surface area contributed by atoms with Crippen molar-refractivity contribution in [1.82, 2.24) is 19.7 Å². The highest BCUT2D eigenvalue weighted by Gasteiger charge is 2.17. The second-order valence-electron chi connectivity index (χ2n) is 5.12. The fraction of sp³-hybridized carbons (Fsp3) is 0.0667. The zero-order chi connectivity index (χ0) is 18.7. The summed E-state index contributed by atoms with van der Waals surface area (Å²) < 4.78 is 29.1. The van der Waals surface area contributed by atoms with E-state index in [-0.39, 0.29) is 16.8 Å². The Morgan fingerprint density at radius 2 is 1.81 bits per heavy atom. The van der Waals surface area contributed by atoms with E-state index in [2.05, 4.69) is 25.1 Å². The third-order valence-corrected chi connectivity index (χ3v) is 5.46. The Balaban J connectivity index is 1.75. The summed E-state index contributed by atoms with van der Waals surface area (Å²) >= 11 is 2.02. The summed E-state index contributed by atoms with van der Waals surface area (Å²) in [6.07, 6.45) is 4.45. The number of nitrogens with one attached hydrogen (secondary N) is 2. The van der Waals surface area contributed by atoms with Crippen molar-refractivity contribution in [2.75, 3.05) is 10.0 Å². The van der Waals surface area contributed by atoms with Crippen LogP contribution in [0.5, 0.6) is 0 Å². The molecule has 2 aromatic heterocycles. The molecule has 0 aliphatic rings. The van der Waals surface area contributed by atoms with Crippen molar-refractivity contribution in [3.05, 3.63) is 58.2 Å². The summed E-state index contributed by atoms with van der Waals surface area (Å²) in [4.78, 5) is 20.0. The molecule has 134 valence electrons. The highest BCUT2D eigenvalue weighted by molar-refractivity contribution is 14.1. The molecular weight excluding hydrogens is 471 g/mol. The highest BCUT2D eigenvalue weighted by atomic mass is 127. The lowest BCUT2D eigenvalue weighted by molar-refractivity contribution is 0.101. The fourth-order valence-corrected chi connectivity index (χ4v) is 3.78. The maximum Gasteiger partial charge on any atom is 0.275 e. The Labute approximate surface area is 163 Å². The molecule has 1 amide bonds. The number of nitrogens with zero attached hydrogens (tertiary/aromatic N) is 4. The van der Waals surface area contributed by atoms with E-state index in [0.29, 0.717) is 15.0 Å². The minimum absolute atomic E-state index is 0.0179. The summed E-state index contributed by atoms with van der Waals surface area (Å²) in [6.45, 7) is 0. The average Bonchev–Trinajstić information content (AvgIpc) is 2.94. The molecule has 3 aromatic rings. The average molecular weight is 484 g/mol. The molecule has 0 saturated carbocycles. The molecule has 0 bridgehead atoms. The van der Waals surface area contributed by atoms with Crippen LogP contribution in [0.4, 0.5) is 11.6 Å². The van der Waals surface area contributed by atoms with E-state index in [1.165, 1.54) is 41.3 Å². The second-order valence-corrected chi connectivity index (χ2v) is 7.97. The van der Waals surface area contributed by atoms with Crippen molar-refractivity contribution in [3.8, 4) is 0 Å².